The van der Waals surface area contributed by atoms with Gasteiger partial charge in [0.2, 0.25) is 5.96 Å². The normalized spacial score (nSPS) is 17.9. The van der Waals surface area contributed by atoms with Crippen molar-refractivity contribution in [2.45, 2.75) is 25.5 Å². The van der Waals surface area contributed by atoms with Crippen LogP contribution < -0.4 is 10.4 Å². The van der Waals surface area contributed by atoms with Crippen molar-refractivity contribution < 1.29 is 19.1 Å². The number of aliphatic hydroxyl groups excluding tert-OH is 1. The number of β-amino-alcohol motifs (C(OH)–C–C–N with tert-alkyl or cyclic N) is 1. The minimum absolute atomic E-state index is 0.187. The molecule has 0 bridgehead atoms. The summed E-state index contributed by atoms with van der Waals surface area (Å²) < 4.78 is 29.3. The van der Waals surface area contributed by atoms with E-state index in [1.54, 1.807) is 42.1 Å². The van der Waals surface area contributed by atoms with E-state index in [1.165, 1.54) is 10.6 Å². The Morgan fingerprint density at radius 2 is 2.13 bits per heavy atom. The predicted octanol–water partition coefficient (Wildman–Crippen LogP) is 2.24. The predicted molar refractivity (Wildman–Crippen MR) is 110 cm³/mol. The Balaban J connectivity index is 1.60. The summed E-state index contributed by atoms with van der Waals surface area (Å²) in [7, 11) is 1.75. The van der Waals surface area contributed by atoms with Gasteiger partial charge in [0.15, 0.2) is 11.5 Å². The largest absolute Gasteiger partial charge is 0.391 e. The smallest absolute Gasteiger partial charge is 0.225 e. The number of hydrogen-bond acceptors (Lipinski definition) is 6. The number of nitrogens with one attached hydrogen (secondary N) is 1. The molecule has 11 heteroatoms. The quantitative estimate of drug-likeness (QED) is 0.331. The number of benzene rings is 1. The van der Waals surface area contributed by atoms with Crippen LogP contribution in [-0.4, -0.2) is 62.0 Å². The van der Waals surface area contributed by atoms with Crippen LogP contribution in [0.4, 0.5) is 20.4 Å². The third-order valence-corrected chi connectivity index (χ3v) is 5.43. The summed E-state index contributed by atoms with van der Waals surface area (Å²) in [5, 5.41) is 23.4. The molecule has 9 nitrogen and oxygen atoms in total. The number of halogens is 2. The Morgan fingerprint density at radius 1 is 1.32 bits per heavy atom. The van der Waals surface area contributed by atoms with Crippen molar-refractivity contribution in [2.75, 3.05) is 25.0 Å². The van der Waals surface area contributed by atoms with E-state index in [0.29, 0.717) is 36.8 Å². The van der Waals surface area contributed by atoms with Gasteiger partial charge in [-0.15, -0.1) is 5.10 Å². The van der Waals surface area contributed by atoms with Gasteiger partial charge in [0.25, 0.3) is 0 Å². The van der Waals surface area contributed by atoms with E-state index < -0.39 is 23.8 Å². The Morgan fingerprint density at radius 3 is 2.84 bits per heavy atom. The topological polar surface area (TPSA) is 102 Å². The van der Waals surface area contributed by atoms with Crippen molar-refractivity contribution in [1.29, 1.82) is 0 Å². The molecule has 1 aliphatic heterocycles. The van der Waals surface area contributed by atoms with Crippen LogP contribution in [-0.2, 0) is 0 Å². The second kappa shape index (κ2) is 8.44. The van der Waals surface area contributed by atoms with E-state index in [-0.39, 0.29) is 11.5 Å². The summed E-state index contributed by atoms with van der Waals surface area (Å²) in [6, 6.07) is 6.26. The first-order valence-electron chi connectivity index (χ1n) is 9.81. The average Bonchev–Trinajstić information content (AvgIpc) is 3.37. The number of hydroxylamine groups is 1. The third kappa shape index (κ3) is 4.28. The molecule has 0 saturated carbocycles. The van der Waals surface area contributed by atoms with E-state index in [2.05, 4.69) is 20.6 Å². The maximum absolute atomic E-state index is 14.2. The van der Waals surface area contributed by atoms with Gasteiger partial charge in [0, 0.05) is 38.0 Å². The van der Waals surface area contributed by atoms with Crippen LogP contribution in [0.25, 0.3) is 5.65 Å². The summed E-state index contributed by atoms with van der Waals surface area (Å²) >= 11 is 0. The van der Waals surface area contributed by atoms with E-state index in [1.807, 2.05) is 0 Å². The van der Waals surface area contributed by atoms with E-state index in [4.69, 9.17) is 0 Å². The van der Waals surface area contributed by atoms with Crippen molar-refractivity contribution in [2.24, 2.45) is 4.99 Å². The summed E-state index contributed by atoms with van der Waals surface area (Å²) in [6.07, 6.45) is 1.81. The molecule has 0 spiro atoms. The second-order valence-electron chi connectivity index (χ2n) is 7.48. The van der Waals surface area contributed by atoms with Crippen LogP contribution in [0, 0.1) is 11.6 Å². The highest BCUT2D eigenvalue weighted by Crippen LogP contribution is 2.27. The first kappa shape index (κ1) is 20.9. The Kier molecular flexibility index (Phi) is 5.70. The summed E-state index contributed by atoms with van der Waals surface area (Å²) in [5.74, 6) is 0.0558. The summed E-state index contributed by atoms with van der Waals surface area (Å²) in [5.41, 5.74) is 2.78. The molecule has 0 amide bonds. The number of aliphatic hydroxyl groups is 1. The van der Waals surface area contributed by atoms with Gasteiger partial charge in [-0.25, -0.2) is 23.8 Å². The van der Waals surface area contributed by atoms with E-state index in [0.717, 1.165) is 12.1 Å². The summed E-state index contributed by atoms with van der Waals surface area (Å²) in [4.78, 5) is 12.3. The number of guanidine groups is 1. The van der Waals surface area contributed by atoms with Gasteiger partial charge < -0.3 is 14.9 Å². The maximum atomic E-state index is 14.2. The molecular weight excluding hydrogens is 408 g/mol. The number of hydrogen-bond donors (Lipinski definition) is 3. The van der Waals surface area contributed by atoms with Gasteiger partial charge in [-0.2, -0.15) is 4.99 Å². The minimum Gasteiger partial charge on any atom is -0.391 e. The number of fused-ring (bicyclic) bond motifs is 1. The Labute approximate surface area is 177 Å². The fourth-order valence-electron chi connectivity index (χ4n) is 3.56. The first-order valence-corrected chi connectivity index (χ1v) is 9.81. The Hall–Kier alpha value is -3.31. The van der Waals surface area contributed by atoms with Crippen molar-refractivity contribution in [3.63, 3.8) is 0 Å². The monoisotopic (exact) mass is 431 g/mol. The van der Waals surface area contributed by atoms with Gasteiger partial charge in [-0.05, 0) is 37.6 Å². The zero-order chi connectivity index (χ0) is 22.1. The maximum Gasteiger partial charge on any atom is 0.225 e. The fraction of sp³-hybridized carbons (Fsp3) is 0.350. The molecule has 164 valence electrons. The number of likely N-dealkylation sites (tertiary alicyclic amines) is 1. The number of rotatable bonds is 4. The van der Waals surface area contributed by atoms with Crippen LogP contribution in [0.2, 0.25) is 0 Å². The van der Waals surface area contributed by atoms with E-state index in [9.17, 15) is 19.1 Å². The van der Waals surface area contributed by atoms with Crippen molar-refractivity contribution in [3.05, 3.63) is 53.7 Å². The molecule has 0 radical (unpaired) electrons. The molecule has 31 heavy (non-hydrogen) atoms. The molecule has 4 rings (SSSR count). The van der Waals surface area contributed by atoms with Crippen LogP contribution in [0.1, 0.15) is 24.9 Å². The zero-order valence-electron chi connectivity index (χ0n) is 17.1. The molecular formula is C20H23F2N7O2. The number of nitrogens with zero attached hydrogens (tertiary/aromatic N) is 6. The molecule has 3 heterocycles. The molecule has 1 aliphatic rings. The van der Waals surface area contributed by atoms with Gasteiger partial charge in [-0.1, -0.05) is 0 Å². The molecule has 3 N–H and O–H groups in total. The zero-order valence-corrected chi connectivity index (χ0v) is 17.1. The van der Waals surface area contributed by atoms with Crippen LogP contribution >= 0.6 is 0 Å². The molecule has 1 fully saturated rings. The molecule has 3 aromatic rings. The molecule has 2 atom stereocenters. The standard InChI is InChI=1S/C20H23F2N7O2/c1-12(15-9-13(21)3-4-16(15)22)27(2)18-6-8-29-19(24-18)10-17(25-29)23-20(26-31)28-7-5-14(30)11-28/h3-4,6,8-10,12,14,30-31H,5,7,11H2,1-2H3,(H,23,25,26)/t12-,14+/m1/s1. The molecule has 1 saturated heterocycles. The summed E-state index contributed by atoms with van der Waals surface area (Å²) in [6.45, 7) is 2.68. The van der Waals surface area contributed by atoms with E-state index >= 15 is 0 Å². The third-order valence-electron chi connectivity index (χ3n) is 5.43. The van der Waals surface area contributed by atoms with Gasteiger partial charge >= 0.3 is 0 Å². The lowest BCUT2D eigenvalue weighted by molar-refractivity contribution is 0.180. The highest BCUT2D eigenvalue weighted by Gasteiger charge is 2.23. The lowest BCUT2D eigenvalue weighted by Crippen LogP contribution is -2.38. The fourth-order valence-corrected chi connectivity index (χ4v) is 3.56. The molecule has 0 aliphatic carbocycles. The van der Waals surface area contributed by atoms with Crippen molar-refractivity contribution >= 4 is 23.2 Å². The average molecular weight is 431 g/mol. The highest BCUT2D eigenvalue weighted by molar-refractivity contribution is 5.81. The second-order valence-corrected chi connectivity index (χ2v) is 7.48. The van der Waals surface area contributed by atoms with Gasteiger partial charge in [-0.3, -0.25) is 5.21 Å². The van der Waals surface area contributed by atoms with Gasteiger partial charge in [0.05, 0.1) is 12.1 Å². The van der Waals surface area contributed by atoms with Crippen molar-refractivity contribution in [1.82, 2.24) is 25.0 Å². The number of aromatic nitrogens is 3. The lowest BCUT2D eigenvalue weighted by atomic mass is 10.1. The number of anilines is 1. The van der Waals surface area contributed by atoms with Crippen LogP contribution in [0.5, 0.6) is 0 Å². The van der Waals surface area contributed by atoms with Crippen LogP contribution in [0.15, 0.2) is 41.5 Å². The molecule has 1 aromatic carbocycles. The molecule has 2 aromatic heterocycles. The van der Waals surface area contributed by atoms with Crippen LogP contribution in [0.3, 0.4) is 0 Å². The lowest BCUT2D eigenvalue weighted by Gasteiger charge is -2.26. The number of aliphatic imine (C=N–C) groups is 1. The SMILES string of the molecule is C[C@H](c1cc(F)ccc1F)N(C)c1ccn2nc(N=C(NO)N3CC[C@H](O)C3)cc2n1. The molecule has 0 unspecified atom stereocenters. The van der Waals surface area contributed by atoms with Crippen molar-refractivity contribution in [3.8, 4) is 0 Å². The first-order chi connectivity index (χ1) is 14.9. The Bertz CT molecular complexity index is 1120. The highest BCUT2D eigenvalue weighted by atomic mass is 19.1. The van der Waals surface area contributed by atoms with Gasteiger partial charge in [0.1, 0.15) is 17.5 Å². The minimum atomic E-state index is -0.503.